The van der Waals surface area contributed by atoms with Crippen LogP contribution in [0.2, 0.25) is 0 Å². The molecule has 1 aliphatic rings. The lowest BCUT2D eigenvalue weighted by molar-refractivity contribution is -0.130. The van der Waals surface area contributed by atoms with E-state index in [4.69, 9.17) is 20.7 Å². The summed E-state index contributed by atoms with van der Waals surface area (Å²) in [5, 5.41) is 1.76. The summed E-state index contributed by atoms with van der Waals surface area (Å²) in [5.41, 5.74) is 3.22. The highest BCUT2D eigenvalue weighted by Crippen LogP contribution is 2.34. The summed E-state index contributed by atoms with van der Waals surface area (Å²) >= 11 is 0. The molecular formula is C21H25N3O5. The van der Waals surface area contributed by atoms with Crippen LogP contribution in [0.3, 0.4) is 0 Å². The third-order valence-electron chi connectivity index (χ3n) is 4.96. The van der Waals surface area contributed by atoms with Crippen LogP contribution in [-0.2, 0) is 22.7 Å². The summed E-state index contributed by atoms with van der Waals surface area (Å²) in [6, 6.07) is 3.69. The fourth-order valence-corrected chi connectivity index (χ4v) is 3.71. The van der Waals surface area contributed by atoms with E-state index in [0.29, 0.717) is 37.3 Å². The number of terminal acetylenes is 1. The van der Waals surface area contributed by atoms with Crippen molar-refractivity contribution in [3.05, 3.63) is 39.2 Å². The normalized spacial score (nSPS) is 14.0. The molecule has 0 radical (unpaired) electrons. The van der Waals surface area contributed by atoms with Crippen molar-refractivity contribution in [3.8, 4) is 29.4 Å². The second-order valence-corrected chi connectivity index (χ2v) is 6.76. The van der Waals surface area contributed by atoms with Gasteiger partial charge in [-0.25, -0.2) is 14.2 Å². The molecule has 2 aromatic rings. The molecule has 0 spiro atoms. The second-order valence-electron chi connectivity index (χ2n) is 6.76. The first kappa shape index (κ1) is 20.7. The number of carbonyl (C=O) groups excluding carboxylic acids is 1. The van der Waals surface area contributed by atoms with Gasteiger partial charge >= 0.3 is 6.16 Å². The van der Waals surface area contributed by atoms with Gasteiger partial charge in [-0.1, -0.05) is 5.92 Å². The van der Waals surface area contributed by atoms with E-state index in [0.717, 1.165) is 16.7 Å². The quantitative estimate of drug-likeness (QED) is 0.580. The molecule has 0 N–H and O–H groups in total. The zero-order valence-corrected chi connectivity index (χ0v) is 17.2. The minimum Gasteiger partial charge on any atom is -0.434 e. The summed E-state index contributed by atoms with van der Waals surface area (Å²) in [6.07, 6.45) is 4.69. The largest absolute Gasteiger partial charge is 0.515 e. The Balaban J connectivity index is 2.22. The summed E-state index contributed by atoms with van der Waals surface area (Å²) < 4.78 is 13.8. The Morgan fingerprint density at radius 1 is 1.10 bits per heavy atom. The highest BCUT2D eigenvalue weighted by molar-refractivity contribution is 5.78. The van der Waals surface area contributed by atoms with Crippen LogP contribution in [0.15, 0.2) is 16.9 Å². The summed E-state index contributed by atoms with van der Waals surface area (Å²) in [7, 11) is 1.59. The Kier molecular flexibility index (Phi) is 6.11. The molecule has 0 saturated heterocycles. The van der Waals surface area contributed by atoms with Crippen LogP contribution in [0.25, 0.3) is 11.1 Å². The lowest BCUT2D eigenvalue weighted by atomic mass is 9.95. The van der Waals surface area contributed by atoms with E-state index in [1.165, 1.54) is 0 Å². The van der Waals surface area contributed by atoms with Gasteiger partial charge in [0.05, 0.1) is 26.8 Å². The maximum absolute atomic E-state index is 13.4. The average Bonchev–Trinajstić information content (AvgIpc) is 2.84. The van der Waals surface area contributed by atoms with E-state index in [1.807, 2.05) is 26.0 Å². The van der Waals surface area contributed by atoms with E-state index >= 15 is 0 Å². The molecule has 1 aromatic carbocycles. The van der Waals surface area contributed by atoms with Gasteiger partial charge < -0.3 is 14.3 Å². The molecule has 29 heavy (non-hydrogen) atoms. The molecule has 1 aliphatic heterocycles. The van der Waals surface area contributed by atoms with E-state index in [1.54, 1.807) is 28.5 Å². The number of fused-ring (bicyclic) bond motifs is 1. The molecule has 8 nitrogen and oxygen atoms in total. The van der Waals surface area contributed by atoms with Crippen molar-refractivity contribution in [3.63, 3.8) is 0 Å². The van der Waals surface area contributed by atoms with Crippen molar-refractivity contribution in [2.75, 3.05) is 26.8 Å². The van der Waals surface area contributed by atoms with Gasteiger partial charge in [-0.15, -0.1) is 6.42 Å². The Hall–Kier alpha value is -3.02. The van der Waals surface area contributed by atoms with Crippen molar-refractivity contribution in [1.29, 1.82) is 0 Å². The number of carbonyl (C=O) groups is 1. The Labute approximate surface area is 169 Å². The van der Waals surface area contributed by atoms with Gasteiger partial charge in [0.25, 0.3) is 5.56 Å². The molecule has 8 heteroatoms. The first-order valence-electron chi connectivity index (χ1n) is 9.46. The number of hydrogen-bond donors (Lipinski definition) is 0. The highest BCUT2D eigenvalue weighted by Gasteiger charge is 2.29. The first-order chi connectivity index (χ1) is 13.9. The fraction of sp³-hybridized carbons (Fsp3) is 0.429. The standard InChI is InChI=1S/C21H25N3O5/c1-6-16-12-14(3)17(15(4)13-16)18-19(25)23-10-8-22(27-5)9-11-24(23)20(18)29-21(26)28-7-2/h1,12-13H,7-11H2,2-5H3. The molecule has 2 heterocycles. The number of ether oxygens (including phenoxy) is 2. The predicted octanol–water partition coefficient (Wildman–Crippen LogP) is 2.33. The third-order valence-corrected chi connectivity index (χ3v) is 4.96. The van der Waals surface area contributed by atoms with Crippen molar-refractivity contribution < 1.29 is 19.1 Å². The number of hydrogen-bond acceptors (Lipinski definition) is 6. The molecule has 3 rings (SSSR count). The molecule has 0 atom stereocenters. The van der Waals surface area contributed by atoms with Gasteiger partial charge in [-0.2, -0.15) is 5.06 Å². The van der Waals surface area contributed by atoms with Gasteiger partial charge in [0.15, 0.2) is 0 Å². The van der Waals surface area contributed by atoms with Crippen molar-refractivity contribution >= 4 is 6.16 Å². The van der Waals surface area contributed by atoms with Gasteiger partial charge in [-0.05, 0) is 49.6 Å². The Bertz CT molecular complexity index is 1010. The molecule has 0 saturated carbocycles. The molecule has 0 aliphatic carbocycles. The Morgan fingerprint density at radius 2 is 1.72 bits per heavy atom. The number of rotatable bonds is 4. The van der Waals surface area contributed by atoms with Gasteiger partial charge in [-0.3, -0.25) is 4.79 Å². The van der Waals surface area contributed by atoms with Crippen molar-refractivity contribution in [1.82, 2.24) is 14.4 Å². The lowest BCUT2D eigenvalue weighted by Gasteiger charge is -2.16. The molecule has 154 valence electrons. The highest BCUT2D eigenvalue weighted by atomic mass is 16.7. The molecule has 0 bridgehead atoms. The maximum atomic E-state index is 13.4. The summed E-state index contributed by atoms with van der Waals surface area (Å²) in [4.78, 5) is 30.8. The number of nitrogens with zero attached hydrogens (tertiary/aromatic N) is 3. The van der Waals surface area contributed by atoms with Crippen LogP contribution in [0.1, 0.15) is 23.6 Å². The van der Waals surface area contributed by atoms with Gasteiger partial charge in [0.2, 0.25) is 5.88 Å². The number of hydroxylamine groups is 2. The maximum Gasteiger partial charge on any atom is 0.515 e. The van der Waals surface area contributed by atoms with Crippen molar-refractivity contribution in [2.24, 2.45) is 0 Å². The molecule has 1 aromatic heterocycles. The van der Waals surface area contributed by atoms with E-state index in [-0.39, 0.29) is 18.0 Å². The van der Waals surface area contributed by atoms with E-state index in [2.05, 4.69) is 5.92 Å². The van der Waals surface area contributed by atoms with Gasteiger partial charge in [0, 0.05) is 18.7 Å². The van der Waals surface area contributed by atoms with E-state index in [9.17, 15) is 9.59 Å². The number of aromatic nitrogens is 2. The van der Waals surface area contributed by atoms with Crippen LogP contribution >= 0.6 is 0 Å². The molecular weight excluding hydrogens is 374 g/mol. The average molecular weight is 399 g/mol. The Morgan fingerprint density at radius 3 is 2.28 bits per heavy atom. The zero-order valence-electron chi connectivity index (χ0n) is 17.2. The number of aryl methyl sites for hydroxylation is 2. The van der Waals surface area contributed by atoms with E-state index < -0.39 is 6.16 Å². The number of benzene rings is 1. The lowest BCUT2D eigenvalue weighted by Crippen LogP contribution is -2.27. The minimum absolute atomic E-state index is 0.172. The van der Waals surface area contributed by atoms with Crippen molar-refractivity contribution in [2.45, 2.75) is 33.9 Å². The predicted molar refractivity (Wildman–Crippen MR) is 108 cm³/mol. The second kappa shape index (κ2) is 8.55. The smallest absolute Gasteiger partial charge is 0.434 e. The topological polar surface area (TPSA) is 74.9 Å². The molecule has 0 unspecified atom stereocenters. The monoisotopic (exact) mass is 399 g/mol. The van der Waals surface area contributed by atoms with Crippen LogP contribution in [0.5, 0.6) is 5.88 Å². The summed E-state index contributed by atoms with van der Waals surface area (Å²) in [6.45, 7) is 7.52. The minimum atomic E-state index is -0.849. The third kappa shape index (κ3) is 3.92. The van der Waals surface area contributed by atoms with Gasteiger partial charge in [0.1, 0.15) is 5.56 Å². The first-order valence-corrected chi connectivity index (χ1v) is 9.46. The summed E-state index contributed by atoms with van der Waals surface area (Å²) in [5.74, 6) is 2.79. The molecule has 0 fully saturated rings. The van der Waals surface area contributed by atoms with Crippen LogP contribution < -0.4 is 10.3 Å². The van der Waals surface area contributed by atoms with Crippen LogP contribution in [0, 0.1) is 26.2 Å². The van der Waals surface area contributed by atoms with Crippen LogP contribution in [-0.4, -0.2) is 47.4 Å². The zero-order chi connectivity index (χ0) is 21.1. The van der Waals surface area contributed by atoms with Crippen LogP contribution in [0.4, 0.5) is 4.79 Å². The molecule has 0 amide bonds. The SMILES string of the molecule is C#Cc1cc(C)c(-c2c(OC(=O)OCC)n3n(c2=O)CCN(OC)CC3)c(C)c1. The fourth-order valence-electron chi connectivity index (χ4n) is 3.71.